The molecule has 162 valence electrons. The average molecular weight is 522 g/mol. The smallest absolute Gasteiger partial charge is 0.269 e. The lowest BCUT2D eigenvalue weighted by Crippen LogP contribution is -2.20. The van der Waals surface area contributed by atoms with Crippen LogP contribution in [0.4, 0.5) is 5.69 Å². The summed E-state index contributed by atoms with van der Waals surface area (Å²) in [6.07, 6.45) is 2.70. The van der Waals surface area contributed by atoms with Crippen molar-refractivity contribution >= 4 is 50.8 Å². The zero-order valence-corrected chi connectivity index (χ0v) is 19.2. The summed E-state index contributed by atoms with van der Waals surface area (Å²) in [4.78, 5) is 30.4. The Morgan fingerprint density at radius 1 is 1.12 bits per heavy atom. The van der Waals surface area contributed by atoms with Crippen LogP contribution < -0.4 is 15.6 Å². The van der Waals surface area contributed by atoms with Crippen LogP contribution in [0.5, 0.6) is 11.6 Å². The lowest BCUT2D eigenvalue weighted by molar-refractivity contribution is -0.112. The summed E-state index contributed by atoms with van der Waals surface area (Å²) in [7, 11) is 0. The van der Waals surface area contributed by atoms with Gasteiger partial charge in [-0.2, -0.15) is 10.2 Å². The molecule has 0 aliphatic carbocycles. The minimum absolute atomic E-state index is 0.0354. The number of aromatic nitrogens is 2. The fourth-order valence-electron chi connectivity index (χ4n) is 2.94. The SMILES string of the molecule is N#C/C(=C/c1c(Oc2ccc(Br)cc2)nc2ccccn2c1=O)C(=O)Nc1ccccc1Cl. The van der Waals surface area contributed by atoms with Gasteiger partial charge in [-0.3, -0.25) is 14.0 Å². The number of pyridine rings is 1. The van der Waals surface area contributed by atoms with Crippen molar-refractivity contribution in [3.05, 3.63) is 104 Å². The minimum Gasteiger partial charge on any atom is -0.438 e. The van der Waals surface area contributed by atoms with Gasteiger partial charge in [-0.05, 0) is 54.6 Å². The highest BCUT2D eigenvalue weighted by Gasteiger charge is 2.18. The van der Waals surface area contributed by atoms with Gasteiger partial charge in [-0.1, -0.05) is 45.7 Å². The molecule has 0 aliphatic rings. The summed E-state index contributed by atoms with van der Waals surface area (Å²) in [5, 5.41) is 12.5. The van der Waals surface area contributed by atoms with Crippen LogP contribution >= 0.6 is 27.5 Å². The van der Waals surface area contributed by atoms with Crippen LogP contribution in [-0.2, 0) is 4.79 Å². The molecule has 33 heavy (non-hydrogen) atoms. The largest absolute Gasteiger partial charge is 0.438 e. The Labute approximate surface area is 201 Å². The van der Waals surface area contributed by atoms with Crippen molar-refractivity contribution in [2.75, 3.05) is 5.32 Å². The lowest BCUT2D eigenvalue weighted by Gasteiger charge is -2.11. The van der Waals surface area contributed by atoms with Crippen LogP contribution in [-0.4, -0.2) is 15.3 Å². The first-order valence-corrected chi connectivity index (χ1v) is 10.8. The number of para-hydroxylation sites is 1. The van der Waals surface area contributed by atoms with Crippen molar-refractivity contribution in [1.82, 2.24) is 9.38 Å². The number of nitrogens with zero attached hydrogens (tertiary/aromatic N) is 3. The van der Waals surface area contributed by atoms with Crippen molar-refractivity contribution in [3.8, 4) is 17.7 Å². The van der Waals surface area contributed by atoms with Gasteiger partial charge in [-0.25, -0.2) is 0 Å². The van der Waals surface area contributed by atoms with E-state index in [1.807, 2.05) is 6.07 Å². The number of amides is 1. The zero-order valence-electron chi connectivity index (χ0n) is 16.8. The molecule has 1 amide bonds. The van der Waals surface area contributed by atoms with Crippen molar-refractivity contribution < 1.29 is 9.53 Å². The predicted molar refractivity (Wildman–Crippen MR) is 129 cm³/mol. The summed E-state index contributed by atoms with van der Waals surface area (Å²) in [5.74, 6) is -0.330. The standard InChI is InChI=1S/C24H14BrClN4O3/c25-16-8-10-17(11-9-16)33-23-18(24(32)30-12-4-3-7-21(30)29-23)13-15(14-27)22(31)28-20-6-2-1-5-19(20)26/h1-13H,(H,28,31)/b15-13-. The van der Waals surface area contributed by atoms with Gasteiger partial charge in [0.05, 0.1) is 10.7 Å². The fourth-order valence-corrected chi connectivity index (χ4v) is 3.39. The molecule has 0 atom stereocenters. The summed E-state index contributed by atoms with van der Waals surface area (Å²) >= 11 is 9.45. The number of fused-ring (bicyclic) bond motifs is 1. The van der Waals surface area contributed by atoms with Gasteiger partial charge in [0.1, 0.15) is 28.6 Å². The number of carbonyl (C=O) groups excluding carboxylic acids is 1. The normalized spacial score (nSPS) is 11.1. The van der Waals surface area contributed by atoms with Crippen molar-refractivity contribution in [2.24, 2.45) is 0 Å². The number of benzene rings is 2. The van der Waals surface area contributed by atoms with E-state index in [9.17, 15) is 14.9 Å². The second kappa shape index (κ2) is 9.69. The first-order valence-electron chi connectivity index (χ1n) is 9.59. The molecule has 0 aliphatic heterocycles. The summed E-state index contributed by atoms with van der Waals surface area (Å²) in [5.41, 5.74) is -0.167. The van der Waals surface area contributed by atoms with E-state index in [1.54, 1.807) is 72.9 Å². The number of ether oxygens (including phenoxy) is 1. The number of hydrogen-bond donors (Lipinski definition) is 1. The number of hydrogen-bond acceptors (Lipinski definition) is 5. The molecular weight excluding hydrogens is 508 g/mol. The Balaban J connectivity index is 1.81. The average Bonchev–Trinajstić information content (AvgIpc) is 2.82. The van der Waals surface area contributed by atoms with Gasteiger partial charge in [0.25, 0.3) is 11.5 Å². The summed E-state index contributed by atoms with van der Waals surface area (Å²) in [6, 6.07) is 20.5. The van der Waals surface area contributed by atoms with E-state index in [2.05, 4.69) is 26.2 Å². The topological polar surface area (TPSA) is 96.5 Å². The van der Waals surface area contributed by atoms with Crippen LogP contribution in [0.2, 0.25) is 5.02 Å². The van der Waals surface area contributed by atoms with Crippen LogP contribution in [0, 0.1) is 11.3 Å². The van der Waals surface area contributed by atoms with E-state index >= 15 is 0 Å². The second-order valence-corrected chi connectivity index (χ2v) is 8.05. The molecule has 2 aromatic heterocycles. The van der Waals surface area contributed by atoms with Crippen LogP contribution in [0.3, 0.4) is 0 Å². The van der Waals surface area contributed by atoms with Crippen LogP contribution in [0.25, 0.3) is 11.7 Å². The third-order valence-corrected chi connectivity index (χ3v) is 5.40. The maximum absolute atomic E-state index is 13.2. The molecule has 4 aromatic rings. The Morgan fingerprint density at radius 3 is 2.58 bits per heavy atom. The zero-order chi connectivity index (χ0) is 23.4. The second-order valence-electron chi connectivity index (χ2n) is 6.72. The van der Waals surface area contributed by atoms with Crippen LogP contribution in [0.15, 0.2) is 87.8 Å². The first kappa shape index (κ1) is 22.3. The van der Waals surface area contributed by atoms with Crippen molar-refractivity contribution in [3.63, 3.8) is 0 Å². The van der Waals surface area contributed by atoms with Gasteiger partial charge in [0.15, 0.2) is 0 Å². The van der Waals surface area contributed by atoms with E-state index in [4.69, 9.17) is 16.3 Å². The molecule has 0 saturated heterocycles. The third kappa shape index (κ3) is 4.95. The highest BCUT2D eigenvalue weighted by molar-refractivity contribution is 9.10. The predicted octanol–water partition coefficient (Wildman–Crippen LogP) is 5.45. The third-order valence-electron chi connectivity index (χ3n) is 4.54. The molecule has 0 fully saturated rings. The molecular formula is C24H14BrClN4O3. The lowest BCUT2D eigenvalue weighted by atomic mass is 10.1. The Morgan fingerprint density at radius 2 is 1.85 bits per heavy atom. The van der Waals surface area contributed by atoms with Crippen LogP contribution in [0.1, 0.15) is 5.56 Å². The highest BCUT2D eigenvalue weighted by Crippen LogP contribution is 2.26. The molecule has 0 radical (unpaired) electrons. The van der Waals surface area contributed by atoms with E-state index in [1.165, 1.54) is 4.40 Å². The van der Waals surface area contributed by atoms with Gasteiger partial charge in [0.2, 0.25) is 5.88 Å². The molecule has 9 heteroatoms. The van der Waals surface area contributed by atoms with E-state index in [0.717, 1.165) is 10.5 Å². The van der Waals surface area contributed by atoms with Crippen molar-refractivity contribution in [1.29, 1.82) is 5.26 Å². The Kier molecular flexibility index (Phi) is 6.54. The number of nitrogens with one attached hydrogen (secondary N) is 1. The fraction of sp³-hybridized carbons (Fsp3) is 0. The van der Waals surface area contributed by atoms with Gasteiger partial charge in [-0.15, -0.1) is 0 Å². The van der Waals surface area contributed by atoms with Gasteiger partial charge < -0.3 is 10.1 Å². The number of nitriles is 1. The van der Waals surface area contributed by atoms with E-state index in [-0.39, 0.29) is 17.0 Å². The number of carbonyl (C=O) groups is 1. The summed E-state index contributed by atoms with van der Waals surface area (Å²) in [6.45, 7) is 0. The number of anilines is 1. The van der Waals surface area contributed by atoms with Gasteiger partial charge >= 0.3 is 0 Å². The molecule has 2 aromatic carbocycles. The Bertz CT molecular complexity index is 1490. The maximum Gasteiger partial charge on any atom is 0.269 e. The molecule has 0 spiro atoms. The summed E-state index contributed by atoms with van der Waals surface area (Å²) < 4.78 is 8.02. The highest BCUT2D eigenvalue weighted by atomic mass is 79.9. The maximum atomic E-state index is 13.2. The molecule has 1 N–H and O–H groups in total. The van der Waals surface area contributed by atoms with E-state index < -0.39 is 11.5 Å². The molecule has 2 heterocycles. The van der Waals surface area contributed by atoms with Gasteiger partial charge in [0, 0.05) is 10.7 Å². The molecule has 0 bridgehead atoms. The molecule has 0 unspecified atom stereocenters. The van der Waals surface area contributed by atoms with Crippen molar-refractivity contribution in [2.45, 2.75) is 0 Å². The first-order chi connectivity index (χ1) is 16.0. The number of rotatable bonds is 5. The molecule has 0 saturated carbocycles. The minimum atomic E-state index is -0.724. The number of halogens is 2. The molecule has 4 rings (SSSR count). The monoisotopic (exact) mass is 520 g/mol. The van der Waals surface area contributed by atoms with E-state index in [0.29, 0.717) is 22.1 Å². The Hall–Kier alpha value is -3.93. The quantitative estimate of drug-likeness (QED) is 0.278. The molecule has 7 nitrogen and oxygen atoms in total.